The molecule has 7 rings (SSSR count). The molecule has 0 aliphatic carbocycles. The Balaban J connectivity index is 1.20. The van der Waals surface area contributed by atoms with Crippen LogP contribution in [0.25, 0.3) is 0 Å². The number of rotatable bonds is 11. The van der Waals surface area contributed by atoms with Crippen molar-refractivity contribution < 1.29 is 37.0 Å². The Morgan fingerprint density at radius 3 is 2.37 bits per heavy atom. The summed E-state index contributed by atoms with van der Waals surface area (Å²) >= 11 is 0. The third-order valence-corrected chi connectivity index (χ3v) is 12.8. The van der Waals surface area contributed by atoms with E-state index in [0.717, 1.165) is 39.1 Å². The fraction of sp³-hybridized carbons (Fsp3) is 0.474. The lowest BCUT2D eigenvalue weighted by molar-refractivity contribution is -0.121. The third-order valence-electron chi connectivity index (χ3n) is 11.0. The third kappa shape index (κ3) is 6.18. The van der Waals surface area contributed by atoms with Crippen LogP contribution in [0, 0.1) is 11.3 Å². The molecule has 0 bridgehead atoms. The molecule has 0 spiro atoms. The second kappa shape index (κ2) is 14.7. The number of sulfonamides is 1. The molecule has 2 aromatic carbocycles. The second-order valence-corrected chi connectivity index (χ2v) is 16.0. The zero-order valence-electron chi connectivity index (χ0n) is 31.0. The number of methoxy groups -OCH3 is 3. The first-order valence-corrected chi connectivity index (χ1v) is 19.4. The van der Waals surface area contributed by atoms with Crippen LogP contribution in [-0.2, 0) is 25.1 Å². The number of aromatic nitrogens is 1. The van der Waals surface area contributed by atoms with Gasteiger partial charge < -0.3 is 29.2 Å². The Hall–Kier alpha value is -4.95. The molecule has 4 aliphatic rings. The summed E-state index contributed by atoms with van der Waals surface area (Å²) < 4.78 is 51.7. The number of carbonyl (C=O) groups is 2. The molecule has 3 fully saturated rings. The average molecular weight is 760 g/mol. The number of carbonyl (C=O) groups excluding carboxylic acids is 2. The van der Waals surface area contributed by atoms with Gasteiger partial charge in [0.05, 0.1) is 63.5 Å². The molecule has 1 aromatic heterocycles. The topological polar surface area (TPSA) is 167 Å². The number of hydrogen-bond donors (Lipinski definition) is 1. The van der Waals surface area contributed by atoms with Crippen molar-refractivity contribution >= 4 is 27.6 Å². The number of nitriles is 1. The number of urea groups is 1. The average Bonchev–Trinajstić information content (AvgIpc) is 3.39. The van der Waals surface area contributed by atoms with Gasteiger partial charge in [0.2, 0.25) is 5.88 Å². The van der Waals surface area contributed by atoms with E-state index in [1.54, 1.807) is 17.0 Å². The number of pyridine rings is 1. The summed E-state index contributed by atoms with van der Waals surface area (Å²) in [6.07, 6.45) is 3.51. The first kappa shape index (κ1) is 37.4. The lowest BCUT2D eigenvalue weighted by Crippen LogP contribution is -2.67. The maximum absolute atomic E-state index is 15.1. The van der Waals surface area contributed by atoms with E-state index in [9.17, 15) is 18.5 Å². The zero-order chi connectivity index (χ0) is 38.4. The Morgan fingerprint density at radius 1 is 1.02 bits per heavy atom. The number of piperidine rings is 1. The van der Waals surface area contributed by atoms with Crippen LogP contribution in [0.15, 0.2) is 59.6 Å². The van der Waals surface area contributed by atoms with E-state index in [-0.39, 0.29) is 44.9 Å². The van der Waals surface area contributed by atoms with Crippen LogP contribution in [0.2, 0.25) is 0 Å². The number of fused-ring (bicyclic) bond motifs is 1. The normalized spacial score (nSPS) is 21.0. The first-order valence-electron chi connectivity index (χ1n) is 18.0. The van der Waals surface area contributed by atoms with Crippen LogP contribution in [-0.4, -0.2) is 125 Å². The van der Waals surface area contributed by atoms with E-state index < -0.39 is 27.5 Å². The minimum absolute atomic E-state index is 0.00556. The minimum Gasteiger partial charge on any atom is -0.497 e. The van der Waals surface area contributed by atoms with Crippen molar-refractivity contribution in [3.63, 3.8) is 0 Å². The standard InChI is InChI=1S/C38H45N7O8S/c1-24(2)44(28-22-53-23-28)26-12-15-42(16-13-26)27-20-43(21-27)37(47)41-38(30-7-6-14-40-35(30)52-5)31-17-25(19-39)8-10-32(31)45(36(38)46)54(48,49)34-11-9-29(50-3)18-33(34)51-4/h6-11,14,17-18,24,26-28H,12-13,15-16,20-23H2,1-5H3,(H,41,47). The van der Waals surface area contributed by atoms with E-state index in [1.165, 1.54) is 63.9 Å². The molecule has 1 unspecified atom stereocenters. The van der Waals surface area contributed by atoms with Gasteiger partial charge in [0.1, 0.15) is 16.4 Å². The fourth-order valence-electron chi connectivity index (χ4n) is 8.25. The van der Waals surface area contributed by atoms with E-state index >= 15 is 4.79 Å². The highest BCUT2D eigenvalue weighted by Crippen LogP contribution is 2.50. The maximum Gasteiger partial charge on any atom is 0.318 e. The predicted molar refractivity (Wildman–Crippen MR) is 197 cm³/mol. The van der Waals surface area contributed by atoms with Crippen molar-refractivity contribution in [3.05, 3.63) is 71.4 Å². The summed E-state index contributed by atoms with van der Waals surface area (Å²) in [5.74, 6) is -0.717. The zero-order valence-corrected chi connectivity index (χ0v) is 31.8. The number of hydrogen-bond acceptors (Lipinski definition) is 12. The van der Waals surface area contributed by atoms with Crippen molar-refractivity contribution in [1.82, 2.24) is 25.0 Å². The van der Waals surface area contributed by atoms with Gasteiger partial charge in [-0.1, -0.05) is 0 Å². The Kier molecular flexibility index (Phi) is 10.2. The van der Waals surface area contributed by atoms with Crippen LogP contribution in [0.3, 0.4) is 0 Å². The molecule has 1 N–H and O–H groups in total. The van der Waals surface area contributed by atoms with Crippen molar-refractivity contribution in [2.24, 2.45) is 0 Å². The van der Waals surface area contributed by atoms with Crippen LogP contribution >= 0.6 is 0 Å². The minimum atomic E-state index is -4.70. The van der Waals surface area contributed by atoms with Crippen molar-refractivity contribution in [2.75, 3.05) is 65.0 Å². The van der Waals surface area contributed by atoms with E-state index in [4.69, 9.17) is 18.9 Å². The van der Waals surface area contributed by atoms with Gasteiger partial charge in [-0.25, -0.2) is 18.2 Å². The number of likely N-dealkylation sites (tertiary alicyclic amines) is 2. The number of anilines is 1. The maximum atomic E-state index is 15.1. The number of amides is 3. The van der Waals surface area contributed by atoms with Gasteiger partial charge in [-0.2, -0.15) is 9.57 Å². The van der Waals surface area contributed by atoms with Gasteiger partial charge in [-0.05, 0) is 69.2 Å². The van der Waals surface area contributed by atoms with Crippen LogP contribution in [0.4, 0.5) is 10.5 Å². The van der Waals surface area contributed by atoms with E-state index in [1.807, 2.05) is 0 Å². The molecule has 54 heavy (non-hydrogen) atoms. The van der Waals surface area contributed by atoms with Gasteiger partial charge in [-0.15, -0.1) is 0 Å². The molecule has 4 aliphatic heterocycles. The van der Waals surface area contributed by atoms with E-state index in [2.05, 4.69) is 40.0 Å². The quantitative estimate of drug-likeness (QED) is 0.304. The highest BCUT2D eigenvalue weighted by Gasteiger charge is 2.59. The van der Waals surface area contributed by atoms with Gasteiger partial charge in [0, 0.05) is 62.1 Å². The molecule has 1 atom stereocenters. The molecule has 5 heterocycles. The van der Waals surface area contributed by atoms with Gasteiger partial charge in [0.25, 0.3) is 15.9 Å². The predicted octanol–water partition coefficient (Wildman–Crippen LogP) is 2.93. The van der Waals surface area contributed by atoms with Gasteiger partial charge in [0.15, 0.2) is 5.54 Å². The monoisotopic (exact) mass is 759 g/mol. The first-order chi connectivity index (χ1) is 26.0. The summed E-state index contributed by atoms with van der Waals surface area (Å²) in [4.78, 5) is 40.1. The molecule has 0 radical (unpaired) electrons. The largest absolute Gasteiger partial charge is 0.497 e. The SMILES string of the molecule is COc1ccc(S(=O)(=O)N2C(=O)C(NC(=O)N3CC(N4CCC(N(C(C)C)C5COC5)CC4)C3)(c3cccnc3OC)c3cc(C#N)ccc32)c(OC)c1. The highest BCUT2D eigenvalue weighted by molar-refractivity contribution is 7.93. The smallest absolute Gasteiger partial charge is 0.318 e. The van der Waals surface area contributed by atoms with Crippen LogP contribution < -0.4 is 23.8 Å². The molecule has 3 aromatic rings. The van der Waals surface area contributed by atoms with Crippen molar-refractivity contribution in [3.8, 4) is 23.4 Å². The number of benzene rings is 2. The van der Waals surface area contributed by atoms with Gasteiger partial charge >= 0.3 is 6.03 Å². The number of nitrogens with one attached hydrogen (secondary N) is 1. The molecule has 0 saturated carbocycles. The summed E-state index contributed by atoms with van der Waals surface area (Å²) in [7, 11) is -0.587. The molecule has 16 heteroatoms. The summed E-state index contributed by atoms with van der Waals surface area (Å²) in [6.45, 7) is 8.69. The van der Waals surface area contributed by atoms with Crippen molar-refractivity contribution in [1.29, 1.82) is 5.26 Å². The Labute approximate surface area is 315 Å². The summed E-state index contributed by atoms with van der Waals surface area (Å²) in [5, 5.41) is 12.9. The Bertz CT molecular complexity index is 2070. The summed E-state index contributed by atoms with van der Waals surface area (Å²) in [6, 6.07) is 14.5. The number of ether oxygens (including phenoxy) is 4. The summed E-state index contributed by atoms with van der Waals surface area (Å²) in [5.41, 5.74) is -1.87. The second-order valence-electron chi connectivity index (χ2n) is 14.2. The molecule has 286 valence electrons. The van der Waals surface area contributed by atoms with Crippen LogP contribution in [0.1, 0.15) is 43.4 Å². The van der Waals surface area contributed by atoms with E-state index in [0.29, 0.717) is 41.3 Å². The van der Waals surface area contributed by atoms with Crippen molar-refractivity contribution in [2.45, 2.75) is 61.3 Å². The highest BCUT2D eigenvalue weighted by atomic mass is 32.2. The lowest BCUT2D eigenvalue weighted by Gasteiger charge is -2.51. The molecular formula is C38H45N7O8S. The number of nitrogens with zero attached hydrogens (tertiary/aromatic N) is 6. The Morgan fingerprint density at radius 2 is 1.76 bits per heavy atom. The van der Waals surface area contributed by atoms with Crippen LogP contribution in [0.5, 0.6) is 17.4 Å². The van der Waals surface area contributed by atoms with Gasteiger partial charge in [-0.3, -0.25) is 14.6 Å². The molecule has 3 amide bonds. The lowest BCUT2D eigenvalue weighted by atomic mass is 9.83. The molecule has 15 nitrogen and oxygen atoms in total. The molecular weight excluding hydrogens is 715 g/mol. The fourth-order valence-corrected chi connectivity index (χ4v) is 9.86. The molecule has 3 saturated heterocycles.